The van der Waals surface area contributed by atoms with Crippen LogP contribution in [0.3, 0.4) is 0 Å². The Labute approximate surface area is 304 Å². The summed E-state index contributed by atoms with van der Waals surface area (Å²) in [5.74, 6) is 1.70. The van der Waals surface area contributed by atoms with Gasteiger partial charge in [0.15, 0.2) is 0 Å². The molecule has 10 rings (SSSR count). The van der Waals surface area contributed by atoms with Gasteiger partial charge in [0.1, 0.15) is 11.5 Å². The van der Waals surface area contributed by atoms with Crippen LogP contribution < -0.4 is 14.5 Å². The molecule has 0 saturated carbocycles. The minimum Gasteiger partial charge on any atom is -0.455 e. The minimum atomic E-state index is 0.848. The topological polar surface area (TPSA) is 15.7 Å². The number of ether oxygens (including phenoxy) is 1. The lowest BCUT2D eigenvalue weighted by Gasteiger charge is -2.31. The van der Waals surface area contributed by atoms with Gasteiger partial charge in [0, 0.05) is 54.7 Å². The Morgan fingerprint density at radius 2 is 1.04 bits per heavy atom. The highest BCUT2D eigenvalue weighted by molar-refractivity contribution is 7.99. The maximum absolute atomic E-state index is 6.82. The zero-order valence-corrected chi connectivity index (χ0v) is 29.1. The van der Waals surface area contributed by atoms with Crippen LogP contribution in [-0.4, -0.2) is 0 Å². The van der Waals surface area contributed by atoms with Gasteiger partial charge in [-0.1, -0.05) is 103 Å². The predicted molar refractivity (Wildman–Crippen MR) is 217 cm³/mol. The summed E-state index contributed by atoms with van der Waals surface area (Å²) in [7, 11) is 0. The second-order valence-electron chi connectivity index (χ2n) is 12.6. The molecule has 0 spiro atoms. The molecule has 8 aromatic carbocycles. The van der Waals surface area contributed by atoms with Crippen molar-refractivity contribution in [3.63, 3.8) is 0 Å². The first-order valence-electron chi connectivity index (χ1n) is 17.0. The van der Waals surface area contributed by atoms with Crippen molar-refractivity contribution in [1.82, 2.24) is 0 Å². The lowest BCUT2D eigenvalue weighted by Crippen LogP contribution is -2.12. The monoisotopic (exact) mass is 690 g/mol. The molecule has 0 fully saturated rings. The van der Waals surface area contributed by atoms with Crippen LogP contribution in [-0.2, 0) is 0 Å². The number of hydrogen-bond donors (Lipinski definition) is 0. The Bertz CT molecular complexity index is 2720. The van der Waals surface area contributed by atoms with Crippen molar-refractivity contribution in [3.05, 3.63) is 182 Å². The molecule has 0 bridgehead atoms. The van der Waals surface area contributed by atoms with E-state index in [9.17, 15) is 0 Å². The molecule has 9 aromatic rings. The Morgan fingerprint density at radius 1 is 0.392 bits per heavy atom. The first kappa shape index (κ1) is 29.9. The fourth-order valence-electron chi connectivity index (χ4n) is 7.09. The first-order chi connectivity index (χ1) is 25.3. The van der Waals surface area contributed by atoms with Gasteiger partial charge < -0.3 is 14.5 Å². The molecule has 2 heterocycles. The molecule has 0 unspecified atom stereocenters. The zero-order chi connectivity index (χ0) is 33.7. The highest BCUT2D eigenvalue weighted by atomic mass is 32.2. The zero-order valence-electron chi connectivity index (χ0n) is 27.4. The standard InChI is InChI=1S/C46H30N2OS2/c1-3-14-33(15-4-1)47(36-24-26-44-39(29-36)38-18-9-10-21-43(38)50-44)37-25-27-45-42(30-37)49-41-20-11-19-40(46(41)51-45)48(34-16-5-2-6-17-34)35-23-22-31-12-7-8-13-32(31)28-35/h1-30H. The Hall–Kier alpha value is -6.01. The summed E-state index contributed by atoms with van der Waals surface area (Å²) in [5, 5.41) is 4.99. The average molecular weight is 691 g/mol. The molecule has 3 nitrogen and oxygen atoms in total. The van der Waals surface area contributed by atoms with Crippen LogP contribution in [0.4, 0.5) is 34.1 Å². The van der Waals surface area contributed by atoms with E-state index in [0.29, 0.717) is 0 Å². The third-order valence-electron chi connectivity index (χ3n) is 9.45. The second kappa shape index (κ2) is 12.4. The van der Waals surface area contributed by atoms with Gasteiger partial charge in [-0.2, -0.15) is 0 Å². The average Bonchev–Trinajstić information content (AvgIpc) is 3.56. The largest absolute Gasteiger partial charge is 0.455 e. The summed E-state index contributed by atoms with van der Waals surface area (Å²) in [6, 6.07) is 64.8. The predicted octanol–water partition coefficient (Wildman–Crippen LogP) is 14.4. The van der Waals surface area contributed by atoms with Crippen molar-refractivity contribution in [2.75, 3.05) is 9.80 Å². The summed E-state index contributed by atoms with van der Waals surface area (Å²) in [4.78, 5) is 6.83. The maximum atomic E-state index is 6.82. The normalized spacial score (nSPS) is 12.0. The van der Waals surface area contributed by atoms with E-state index < -0.39 is 0 Å². The SMILES string of the molecule is c1ccc(N(c2ccc3c(c2)Oc2cccc(N(c4ccccc4)c4ccc5ccccc5c4)c2S3)c2ccc3sc4ccccc4c3c2)cc1. The minimum absolute atomic E-state index is 0.848. The molecule has 0 N–H and O–H groups in total. The first-order valence-corrected chi connectivity index (χ1v) is 18.6. The summed E-state index contributed by atoms with van der Waals surface area (Å²) in [6.45, 7) is 0. The smallest absolute Gasteiger partial charge is 0.143 e. The maximum Gasteiger partial charge on any atom is 0.143 e. The van der Waals surface area contributed by atoms with E-state index in [1.165, 1.54) is 30.9 Å². The van der Waals surface area contributed by atoms with Gasteiger partial charge in [0.2, 0.25) is 0 Å². The van der Waals surface area contributed by atoms with Gasteiger partial charge in [0.05, 0.1) is 15.5 Å². The lowest BCUT2D eigenvalue weighted by atomic mass is 10.1. The van der Waals surface area contributed by atoms with E-state index in [4.69, 9.17) is 4.74 Å². The number of nitrogens with zero attached hydrogens (tertiary/aromatic N) is 2. The number of para-hydroxylation sites is 2. The molecule has 51 heavy (non-hydrogen) atoms. The van der Waals surface area contributed by atoms with E-state index in [1.807, 2.05) is 11.3 Å². The fourth-order valence-corrected chi connectivity index (χ4v) is 9.21. The molecule has 0 saturated heterocycles. The molecule has 1 aliphatic heterocycles. The molecule has 0 atom stereocenters. The summed E-state index contributed by atoms with van der Waals surface area (Å²) < 4.78 is 9.41. The molecule has 242 valence electrons. The van der Waals surface area contributed by atoms with Gasteiger partial charge in [-0.15, -0.1) is 11.3 Å². The number of fused-ring (bicyclic) bond motifs is 6. The van der Waals surface area contributed by atoms with Gasteiger partial charge >= 0.3 is 0 Å². The molecular weight excluding hydrogens is 661 g/mol. The number of hydrogen-bond acceptors (Lipinski definition) is 5. The van der Waals surface area contributed by atoms with Crippen LogP contribution in [0.15, 0.2) is 192 Å². The number of benzene rings is 8. The van der Waals surface area contributed by atoms with Crippen molar-refractivity contribution in [3.8, 4) is 11.5 Å². The van der Waals surface area contributed by atoms with E-state index in [-0.39, 0.29) is 0 Å². The molecule has 0 aliphatic carbocycles. The van der Waals surface area contributed by atoms with Crippen LogP contribution >= 0.6 is 23.1 Å². The fraction of sp³-hybridized carbons (Fsp3) is 0. The van der Waals surface area contributed by atoms with E-state index in [1.54, 1.807) is 11.8 Å². The van der Waals surface area contributed by atoms with Crippen LogP contribution in [0, 0.1) is 0 Å². The van der Waals surface area contributed by atoms with Crippen LogP contribution in [0.1, 0.15) is 0 Å². The molecule has 5 heteroatoms. The van der Waals surface area contributed by atoms with E-state index in [0.717, 1.165) is 55.4 Å². The molecule has 0 radical (unpaired) electrons. The molecular formula is C46H30N2OS2. The van der Waals surface area contributed by atoms with Crippen LogP contribution in [0.2, 0.25) is 0 Å². The van der Waals surface area contributed by atoms with Crippen LogP contribution in [0.25, 0.3) is 30.9 Å². The highest BCUT2D eigenvalue weighted by Gasteiger charge is 2.26. The Kier molecular flexibility index (Phi) is 7.26. The third kappa shape index (κ3) is 5.30. The van der Waals surface area contributed by atoms with E-state index in [2.05, 4.69) is 192 Å². The summed E-state index contributed by atoms with van der Waals surface area (Å²) in [5.41, 5.74) is 6.52. The number of anilines is 6. The second-order valence-corrected chi connectivity index (χ2v) is 14.7. The van der Waals surface area contributed by atoms with E-state index >= 15 is 0 Å². The summed E-state index contributed by atoms with van der Waals surface area (Å²) >= 11 is 3.60. The van der Waals surface area contributed by atoms with Crippen molar-refractivity contribution in [1.29, 1.82) is 0 Å². The Morgan fingerprint density at radius 3 is 1.88 bits per heavy atom. The Balaban J connectivity index is 1.06. The third-order valence-corrected chi connectivity index (χ3v) is 11.8. The summed E-state index contributed by atoms with van der Waals surface area (Å²) in [6.07, 6.45) is 0. The quantitative estimate of drug-likeness (QED) is 0.172. The van der Waals surface area contributed by atoms with Gasteiger partial charge in [-0.3, -0.25) is 0 Å². The van der Waals surface area contributed by atoms with Gasteiger partial charge in [-0.05, 0) is 95.7 Å². The number of rotatable bonds is 6. The van der Waals surface area contributed by atoms with Gasteiger partial charge in [-0.25, -0.2) is 0 Å². The highest BCUT2D eigenvalue weighted by Crippen LogP contribution is 2.54. The molecule has 1 aliphatic rings. The van der Waals surface area contributed by atoms with Gasteiger partial charge in [0.25, 0.3) is 0 Å². The number of thiophene rings is 1. The molecule has 0 amide bonds. The van der Waals surface area contributed by atoms with Crippen molar-refractivity contribution in [2.45, 2.75) is 9.79 Å². The van der Waals surface area contributed by atoms with Crippen molar-refractivity contribution < 1.29 is 4.74 Å². The van der Waals surface area contributed by atoms with Crippen LogP contribution in [0.5, 0.6) is 11.5 Å². The van der Waals surface area contributed by atoms with Crippen molar-refractivity contribution >= 4 is 88.2 Å². The lowest BCUT2D eigenvalue weighted by molar-refractivity contribution is 0.455. The molecule has 1 aromatic heterocycles. The van der Waals surface area contributed by atoms with Crippen molar-refractivity contribution in [2.24, 2.45) is 0 Å².